The SMILES string of the molecule is CC(C)(C)OC(=O)NC1C(=O)N2C(C(=O)OC(c3ccccc3)c3ccccc3)=C(CI)CS(=O)[C@H]12. The maximum atomic E-state index is 13.6. The third kappa shape index (κ3) is 5.49. The van der Waals surface area contributed by atoms with Crippen LogP contribution in [0, 0.1) is 0 Å². The van der Waals surface area contributed by atoms with Crippen molar-refractivity contribution in [2.24, 2.45) is 0 Å². The van der Waals surface area contributed by atoms with Crippen LogP contribution >= 0.6 is 22.6 Å². The van der Waals surface area contributed by atoms with Gasteiger partial charge < -0.3 is 14.8 Å². The van der Waals surface area contributed by atoms with Gasteiger partial charge in [0.05, 0.1) is 16.6 Å². The molecule has 0 bridgehead atoms. The molecule has 3 atom stereocenters. The lowest BCUT2D eigenvalue weighted by molar-refractivity contribution is -0.154. The molecular weight excluding hydrogens is 595 g/mol. The van der Waals surface area contributed by atoms with Gasteiger partial charge in [0.1, 0.15) is 22.7 Å². The Morgan fingerprint density at radius 3 is 2.14 bits per heavy atom. The number of esters is 1. The number of alkyl halides is 1. The maximum Gasteiger partial charge on any atom is 0.408 e. The van der Waals surface area contributed by atoms with Gasteiger partial charge in [-0.25, -0.2) is 9.59 Å². The fourth-order valence-electron chi connectivity index (χ4n) is 4.13. The minimum Gasteiger partial charge on any atom is -0.448 e. The van der Waals surface area contributed by atoms with Crippen molar-refractivity contribution in [1.29, 1.82) is 0 Å². The number of nitrogens with one attached hydrogen (secondary N) is 1. The molecule has 190 valence electrons. The molecule has 2 unspecified atom stereocenters. The summed E-state index contributed by atoms with van der Waals surface area (Å²) in [5.74, 6) is -1.09. The van der Waals surface area contributed by atoms with E-state index in [1.165, 1.54) is 4.90 Å². The monoisotopic (exact) mass is 622 g/mol. The number of nitrogens with zero attached hydrogens (tertiary/aromatic N) is 1. The Hall–Kier alpha value is -2.73. The zero-order chi connectivity index (χ0) is 26.0. The summed E-state index contributed by atoms with van der Waals surface area (Å²) in [7, 11) is -1.51. The highest BCUT2D eigenvalue weighted by Crippen LogP contribution is 2.37. The van der Waals surface area contributed by atoms with Crippen molar-refractivity contribution in [3.63, 3.8) is 0 Å². The zero-order valence-electron chi connectivity index (χ0n) is 20.1. The van der Waals surface area contributed by atoms with E-state index in [0.29, 0.717) is 10.0 Å². The first-order valence-corrected chi connectivity index (χ1v) is 14.3. The fraction of sp³-hybridized carbons (Fsp3) is 0.346. The predicted octanol–water partition coefficient (Wildman–Crippen LogP) is 3.83. The average molecular weight is 622 g/mol. The van der Waals surface area contributed by atoms with Gasteiger partial charge in [-0.15, -0.1) is 0 Å². The number of β-lactam (4-membered cyclic amide) rings is 1. The van der Waals surface area contributed by atoms with Crippen LogP contribution in [0.3, 0.4) is 0 Å². The van der Waals surface area contributed by atoms with Crippen LogP contribution in [0.25, 0.3) is 0 Å². The van der Waals surface area contributed by atoms with Crippen molar-refractivity contribution < 1.29 is 28.1 Å². The first-order chi connectivity index (χ1) is 17.1. The molecule has 1 fully saturated rings. The number of hydrogen-bond donors (Lipinski definition) is 1. The van der Waals surface area contributed by atoms with E-state index in [0.717, 1.165) is 11.1 Å². The van der Waals surface area contributed by atoms with Crippen LogP contribution in [0.15, 0.2) is 71.9 Å². The second-order valence-corrected chi connectivity index (χ2v) is 11.7. The Morgan fingerprint density at radius 2 is 1.64 bits per heavy atom. The quantitative estimate of drug-likeness (QED) is 0.228. The van der Waals surface area contributed by atoms with Crippen LogP contribution in [0.5, 0.6) is 0 Å². The van der Waals surface area contributed by atoms with E-state index in [-0.39, 0.29) is 11.4 Å². The average Bonchev–Trinajstić information content (AvgIpc) is 2.85. The van der Waals surface area contributed by atoms with Crippen LogP contribution in [-0.4, -0.2) is 54.3 Å². The third-order valence-electron chi connectivity index (χ3n) is 5.66. The number of halogens is 1. The molecule has 2 aromatic rings. The number of ether oxygens (including phenoxy) is 2. The van der Waals surface area contributed by atoms with Crippen LogP contribution < -0.4 is 5.32 Å². The number of carbonyl (C=O) groups is 3. The van der Waals surface area contributed by atoms with E-state index in [1.807, 2.05) is 60.7 Å². The number of rotatable bonds is 6. The summed E-state index contributed by atoms with van der Waals surface area (Å²) >= 11 is 2.08. The summed E-state index contributed by atoms with van der Waals surface area (Å²) in [6.45, 7) is 5.12. The van der Waals surface area contributed by atoms with Gasteiger partial charge in [-0.05, 0) is 37.5 Å². The zero-order valence-corrected chi connectivity index (χ0v) is 23.1. The maximum absolute atomic E-state index is 13.6. The van der Waals surface area contributed by atoms with Crippen LogP contribution in [0.1, 0.15) is 38.0 Å². The Balaban J connectivity index is 1.61. The van der Waals surface area contributed by atoms with Gasteiger partial charge in [-0.3, -0.25) is 13.9 Å². The lowest BCUT2D eigenvalue weighted by Crippen LogP contribution is -2.73. The fourth-order valence-corrected chi connectivity index (χ4v) is 6.81. The molecule has 2 aliphatic rings. The molecule has 2 amide bonds. The molecule has 8 nitrogen and oxygen atoms in total. The van der Waals surface area contributed by atoms with Crippen molar-refractivity contribution in [2.75, 3.05) is 10.2 Å². The molecule has 2 aromatic carbocycles. The second kappa shape index (κ2) is 10.7. The molecule has 0 radical (unpaired) electrons. The summed E-state index contributed by atoms with van der Waals surface area (Å²) in [5.41, 5.74) is 1.47. The highest BCUT2D eigenvalue weighted by atomic mass is 127. The molecule has 0 spiro atoms. The van der Waals surface area contributed by atoms with Gasteiger partial charge in [-0.2, -0.15) is 0 Å². The van der Waals surface area contributed by atoms with Crippen molar-refractivity contribution in [3.05, 3.63) is 83.1 Å². The van der Waals surface area contributed by atoms with E-state index in [2.05, 4.69) is 27.9 Å². The Bertz CT molecular complexity index is 1170. The molecule has 0 aliphatic carbocycles. The molecule has 0 aromatic heterocycles. The van der Waals surface area contributed by atoms with Gasteiger partial charge in [0.2, 0.25) is 0 Å². The molecular formula is C26H27IN2O6S. The molecule has 4 rings (SSSR count). The van der Waals surface area contributed by atoms with Crippen LogP contribution in [0.4, 0.5) is 4.79 Å². The minimum atomic E-state index is -1.51. The van der Waals surface area contributed by atoms with Gasteiger partial charge in [0, 0.05) is 4.43 Å². The Morgan fingerprint density at radius 1 is 1.08 bits per heavy atom. The predicted molar refractivity (Wildman–Crippen MR) is 144 cm³/mol. The van der Waals surface area contributed by atoms with E-state index < -0.39 is 51.9 Å². The topological polar surface area (TPSA) is 102 Å². The van der Waals surface area contributed by atoms with Crippen molar-refractivity contribution in [3.8, 4) is 0 Å². The standard InChI is InChI=1S/C26H27IN2O6S/c1-26(2,3)35-25(32)28-19-22(30)29-20(18(14-27)15-36(33)23(19)29)24(31)34-21(16-10-6-4-7-11-16)17-12-8-5-9-13-17/h4-13,19,21,23H,14-15H2,1-3H3,(H,28,32)/t19?,23-,36?/m1/s1. The lowest BCUT2D eigenvalue weighted by Gasteiger charge is -2.49. The molecule has 1 N–H and O–H groups in total. The summed E-state index contributed by atoms with van der Waals surface area (Å²) in [6.07, 6.45) is -1.47. The Kier molecular flexibility index (Phi) is 7.84. The highest BCUT2D eigenvalue weighted by Gasteiger charge is 2.57. The van der Waals surface area contributed by atoms with Crippen LogP contribution in [0.2, 0.25) is 0 Å². The molecule has 10 heteroatoms. The smallest absolute Gasteiger partial charge is 0.408 e. The van der Waals surface area contributed by atoms with Crippen molar-refractivity contribution in [1.82, 2.24) is 10.2 Å². The highest BCUT2D eigenvalue weighted by molar-refractivity contribution is 14.1. The van der Waals surface area contributed by atoms with E-state index in [1.54, 1.807) is 20.8 Å². The first kappa shape index (κ1) is 26.3. The summed E-state index contributed by atoms with van der Waals surface area (Å²) in [6, 6.07) is 17.6. The number of alkyl carbamates (subject to hydrolysis) is 1. The van der Waals surface area contributed by atoms with E-state index >= 15 is 0 Å². The summed E-state index contributed by atoms with van der Waals surface area (Å²) in [4.78, 5) is 40.2. The van der Waals surface area contributed by atoms with Crippen molar-refractivity contribution in [2.45, 2.75) is 43.9 Å². The third-order valence-corrected chi connectivity index (χ3v) is 8.24. The molecule has 36 heavy (non-hydrogen) atoms. The summed E-state index contributed by atoms with van der Waals surface area (Å²) < 4.78 is 24.7. The minimum absolute atomic E-state index is 0.0955. The van der Waals surface area contributed by atoms with E-state index in [9.17, 15) is 18.6 Å². The number of hydrogen-bond acceptors (Lipinski definition) is 6. The normalized spacial score (nSPS) is 21.5. The van der Waals surface area contributed by atoms with Crippen LogP contribution in [-0.2, 0) is 29.9 Å². The van der Waals surface area contributed by atoms with Gasteiger partial charge in [0.15, 0.2) is 6.10 Å². The van der Waals surface area contributed by atoms with Gasteiger partial charge >= 0.3 is 12.1 Å². The number of benzene rings is 2. The van der Waals surface area contributed by atoms with E-state index in [4.69, 9.17) is 9.47 Å². The van der Waals surface area contributed by atoms with Gasteiger partial charge in [0.25, 0.3) is 5.91 Å². The largest absolute Gasteiger partial charge is 0.448 e. The molecule has 2 aliphatic heterocycles. The molecule has 1 saturated heterocycles. The number of amides is 2. The molecule has 2 heterocycles. The van der Waals surface area contributed by atoms with Crippen molar-refractivity contribution >= 4 is 51.4 Å². The number of carbonyl (C=O) groups excluding carboxylic acids is 3. The second-order valence-electron chi connectivity index (χ2n) is 9.44. The summed E-state index contributed by atoms with van der Waals surface area (Å²) in [5, 5.41) is 1.65. The number of fused-ring (bicyclic) bond motifs is 1. The van der Waals surface area contributed by atoms with Gasteiger partial charge in [-0.1, -0.05) is 83.3 Å². The lowest BCUT2D eigenvalue weighted by atomic mass is 10.0. The Labute approximate surface area is 226 Å². The first-order valence-electron chi connectivity index (χ1n) is 11.4. The molecule has 0 saturated carbocycles.